The number of ether oxygens (including phenoxy) is 1. The molecule has 0 radical (unpaired) electrons. The van der Waals surface area contributed by atoms with Crippen LogP contribution in [0.3, 0.4) is 0 Å². The van der Waals surface area contributed by atoms with Crippen LogP contribution in [0.2, 0.25) is 0 Å². The monoisotopic (exact) mass is 432 g/mol. The lowest BCUT2D eigenvalue weighted by Crippen LogP contribution is -2.45. The van der Waals surface area contributed by atoms with Crippen LogP contribution in [0, 0.1) is 5.41 Å². The second kappa shape index (κ2) is 7.56. The van der Waals surface area contributed by atoms with Crippen molar-refractivity contribution in [3.63, 3.8) is 0 Å². The van der Waals surface area contributed by atoms with Crippen LogP contribution in [0.15, 0.2) is 34.9 Å². The van der Waals surface area contributed by atoms with Gasteiger partial charge in [-0.05, 0) is 56.9 Å². The van der Waals surface area contributed by atoms with E-state index in [-0.39, 0.29) is 5.41 Å². The van der Waals surface area contributed by atoms with Gasteiger partial charge in [0.15, 0.2) is 0 Å². The van der Waals surface area contributed by atoms with E-state index in [1.807, 2.05) is 0 Å². The third-order valence-corrected chi connectivity index (χ3v) is 8.20. The maximum absolute atomic E-state index is 5.83. The molecular formula is C26H32N4O2. The fraction of sp³-hybridized carbons (Fsp3) is 0.538. The highest BCUT2D eigenvalue weighted by Gasteiger charge is 2.47. The first-order valence-corrected chi connectivity index (χ1v) is 12.1. The fourth-order valence-corrected chi connectivity index (χ4v) is 6.34. The van der Waals surface area contributed by atoms with Crippen LogP contribution in [0.1, 0.15) is 74.5 Å². The molecule has 6 heteroatoms. The number of fused-ring (bicyclic) bond motifs is 3. The van der Waals surface area contributed by atoms with Gasteiger partial charge in [0.25, 0.3) is 0 Å². The lowest BCUT2D eigenvalue weighted by molar-refractivity contribution is 0.0778. The summed E-state index contributed by atoms with van der Waals surface area (Å²) in [6, 6.07) is 9.17. The summed E-state index contributed by atoms with van der Waals surface area (Å²) in [6.07, 6.45) is 7.58. The number of rotatable bonds is 4. The summed E-state index contributed by atoms with van der Waals surface area (Å²) in [7, 11) is 2.28. The minimum atomic E-state index is 0.0447. The first-order chi connectivity index (χ1) is 15.7. The number of nitrogens with zero attached hydrogens (tertiary/aromatic N) is 4. The van der Waals surface area contributed by atoms with Crippen LogP contribution >= 0.6 is 0 Å². The predicted octanol–water partition coefficient (Wildman–Crippen LogP) is 5.16. The van der Waals surface area contributed by atoms with Gasteiger partial charge in [0.2, 0.25) is 11.7 Å². The normalized spacial score (nSPS) is 23.3. The lowest BCUT2D eigenvalue weighted by atomic mass is 9.69. The van der Waals surface area contributed by atoms with Crippen LogP contribution in [0.25, 0.3) is 16.6 Å². The summed E-state index contributed by atoms with van der Waals surface area (Å²) in [6.45, 7) is 7.27. The molecule has 6 nitrogen and oxygen atoms in total. The molecule has 5 heterocycles. The molecule has 3 aromatic rings. The molecule has 1 atom stereocenters. The molecular weight excluding hydrogens is 400 g/mol. The molecule has 0 spiro atoms. The minimum Gasteiger partial charge on any atom is -0.381 e. The average Bonchev–Trinajstić information content (AvgIpc) is 3.46. The number of likely N-dealkylation sites (N-methyl/N-ethyl adjacent to an activating group) is 1. The van der Waals surface area contributed by atoms with E-state index < -0.39 is 0 Å². The van der Waals surface area contributed by atoms with Gasteiger partial charge in [-0.25, -0.2) is 0 Å². The van der Waals surface area contributed by atoms with Crippen LogP contribution in [0.4, 0.5) is 0 Å². The zero-order chi connectivity index (χ0) is 21.9. The molecule has 3 aliphatic heterocycles. The van der Waals surface area contributed by atoms with Gasteiger partial charge in [-0.15, -0.1) is 0 Å². The van der Waals surface area contributed by atoms with Crippen LogP contribution in [-0.2, 0) is 11.2 Å². The molecule has 3 aliphatic rings. The van der Waals surface area contributed by atoms with Crippen LogP contribution < -0.4 is 0 Å². The summed E-state index contributed by atoms with van der Waals surface area (Å²) >= 11 is 0. The van der Waals surface area contributed by atoms with Gasteiger partial charge in [-0.1, -0.05) is 37.2 Å². The molecule has 1 saturated heterocycles. The maximum Gasteiger partial charge on any atom is 0.230 e. The van der Waals surface area contributed by atoms with E-state index in [2.05, 4.69) is 65.9 Å². The number of hydrogen-bond donors (Lipinski definition) is 0. The first kappa shape index (κ1) is 20.2. The Balaban J connectivity index is 1.58. The third kappa shape index (κ3) is 2.78. The van der Waals surface area contributed by atoms with Crippen molar-refractivity contribution in [2.45, 2.75) is 57.9 Å². The molecule has 1 fully saturated rings. The van der Waals surface area contributed by atoms with Crippen molar-refractivity contribution < 1.29 is 9.26 Å². The van der Waals surface area contributed by atoms with Crippen molar-refractivity contribution in [2.75, 3.05) is 26.8 Å². The van der Waals surface area contributed by atoms with Gasteiger partial charge in [0.05, 0.1) is 17.3 Å². The van der Waals surface area contributed by atoms with E-state index in [0.717, 1.165) is 63.5 Å². The standard InChI is InChI=1S/C26H32N4O2/c1-4-26(5-2)16-21(24-27-25(32-28-24)17-11-14-31-15-12-17)30-20-9-7-6-8-18(20)19-10-13-29(3)23(26)22(19)30/h6-9,16-17,23H,4-5,10-15H2,1-3H3/t23-/m1/s1. The zero-order valence-corrected chi connectivity index (χ0v) is 19.3. The van der Waals surface area contributed by atoms with E-state index in [9.17, 15) is 0 Å². The van der Waals surface area contributed by atoms with Crippen molar-refractivity contribution in [3.05, 3.63) is 53.3 Å². The average molecular weight is 433 g/mol. The largest absolute Gasteiger partial charge is 0.381 e. The van der Waals surface area contributed by atoms with Gasteiger partial charge in [0, 0.05) is 42.2 Å². The summed E-state index contributed by atoms with van der Waals surface area (Å²) in [5, 5.41) is 5.89. The second-order valence-electron chi connectivity index (χ2n) is 9.66. The Morgan fingerprint density at radius 3 is 2.69 bits per heavy atom. The van der Waals surface area contributed by atoms with Gasteiger partial charge >= 0.3 is 0 Å². The van der Waals surface area contributed by atoms with Crippen molar-refractivity contribution in [1.82, 2.24) is 19.6 Å². The fourth-order valence-electron chi connectivity index (χ4n) is 6.34. The molecule has 0 saturated carbocycles. The Morgan fingerprint density at radius 2 is 1.91 bits per heavy atom. The third-order valence-electron chi connectivity index (χ3n) is 8.20. The smallest absolute Gasteiger partial charge is 0.230 e. The maximum atomic E-state index is 5.83. The van der Waals surface area contributed by atoms with E-state index in [1.54, 1.807) is 0 Å². The Morgan fingerprint density at radius 1 is 1.12 bits per heavy atom. The molecule has 2 aromatic heterocycles. The summed E-state index contributed by atoms with van der Waals surface area (Å²) < 4.78 is 13.8. The number of benzene rings is 1. The Kier molecular flexibility index (Phi) is 4.77. The number of para-hydroxylation sites is 1. The summed E-state index contributed by atoms with van der Waals surface area (Å²) in [5.41, 5.74) is 5.30. The van der Waals surface area contributed by atoms with Gasteiger partial charge < -0.3 is 13.8 Å². The highest BCUT2D eigenvalue weighted by molar-refractivity contribution is 5.91. The Bertz CT molecular complexity index is 1180. The molecule has 6 rings (SSSR count). The van der Waals surface area contributed by atoms with Crippen molar-refractivity contribution in [2.24, 2.45) is 5.41 Å². The summed E-state index contributed by atoms with van der Waals surface area (Å²) in [4.78, 5) is 7.52. The van der Waals surface area contributed by atoms with E-state index >= 15 is 0 Å². The van der Waals surface area contributed by atoms with Crippen molar-refractivity contribution in [3.8, 4) is 0 Å². The molecule has 0 bridgehead atoms. The Hall–Kier alpha value is -2.44. The molecule has 0 N–H and O–H groups in total. The molecule has 0 aliphatic carbocycles. The van der Waals surface area contributed by atoms with Crippen molar-refractivity contribution in [1.29, 1.82) is 0 Å². The van der Waals surface area contributed by atoms with Crippen LogP contribution in [-0.4, -0.2) is 46.4 Å². The lowest BCUT2D eigenvalue weighted by Gasteiger charge is -2.48. The van der Waals surface area contributed by atoms with Gasteiger partial charge in [-0.3, -0.25) is 4.90 Å². The molecule has 32 heavy (non-hydrogen) atoms. The predicted molar refractivity (Wildman–Crippen MR) is 124 cm³/mol. The summed E-state index contributed by atoms with van der Waals surface area (Å²) in [5.74, 6) is 1.77. The van der Waals surface area contributed by atoms with Crippen LogP contribution in [0.5, 0.6) is 0 Å². The minimum absolute atomic E-state index is 0.0447. The quantitative estimate of drug-likeness (QED) is 0.570. The van der Waals surface area contributed by atoms with E-state index in [4.69, 9.17) is 14.2 Å². The molecule has 168 valence electrons. The first-order valence-electron chi connectivity index (χ1n) is 12.1. The van der Waals surface area contributed by atoms with Gasteiger partial charge in [0.1, 0.15) is 0 Å². The molecule has 1 aromatic carbocycles. The Labute approximate surface area is 189 Å². The highest BCUT2D eigenvalue weighted by atomic mass is 16.5. The SMILES string of the molecule is CCC1(CC)C=C(c2noc(C3CCOCC3)n2)n2c3c(c4ccccc42)CCN(C)[C@H]31. The van der Waals surface area contributed by atoms with Crippen molar-refractivity contribution >= 4 is 16.6 Å². The molecule has 0 unspecified atom stereocenters. The number of aromatic nitrogens is 3. The number of hydrogen-bond acceptors (Lipinski definition) is 5. The second-order valence-corrected chi connectivity index (χ2v) is 9.66. The highest BCUT2D eigenvalue weighted by Crippen LogP contribution is 2.54. The topological polar surface area (TPSA) is 56.3 Å². The molecule has 0 amide bonds. The van der Waals surface area contributed by atoms with E-state index in [1.165, 1.54) is 22.2 Å². The van der Waals surface area contributed by atoms with E-state index in [0.29, 0.717) is 17.8 Å². The van der Waals surface area contributed by atoms with Gasteiger partial charge in [-0.2, -0.15) is 4.98 Å². The zero-order valence-electron chi connectivity index (χ0n) is 19.3.